The van der Waals surface area contributed by atoms with Gasteiger partial charge in [-0.25, -0.2) is 9.98 Å². The van der Waals surface area contributed by atoms with Crippen LogP contribution in [0.1, 0.15) is 23.6 Å². The number of carbonyl (C=O) groups is 1. The SMILES string of the molecule is CC1COCCN1c1cc(C(F)(F)F)cnc1-c1nnc(N[C@H]2N=C(c3ccccc3)c3ccccc3NC2=O)o1. The van der Waals surface area contributed by atoms with Crippen LogP contribution in [-0.2, 0) is 15.7 Å². The monoisotopic (exact) mass is 563 g/mol. The van der Waals surface area contributed by atoms with Crippen LogP contribution in [0.2, 0.25) is 0 Å². The molecule has 2 N–H and O–H groups in total. The number of nitrogens with zero attached hydrogens (tertiary/aromatic N) is 5. The van der Waals surface area contributed by atoms with E-state index in [0.29, 0.717) is 31.2 Å². The molecule has 2 aromatic heterocycles. The number of para-hydroxylation sites is 1. The van der Waals surface area contributed by atoms with Gasteiger partial charge in [0.1, 0.15) is 0 Å². The molecule has 0 bridgehead atoms. The van der Waals surface area contributed by atoms with Gasteiger partial charge < -0.3 is 24.7 Å². The van der Waals surface area contributed by atoms with Crippen LogP contribution in [-0.4, -0.2) is 58.8 Å². The van der Waals surface area contributed by atoms with E-state index >= 15 is 0 Å². The first-order chi connectivity index (χ1) is 19.8. The maximum atomic E-state index is 13.6. The molecule has 41 heavy (non-hydrogen) atoms. The van der Waals surface area contributed by atoms with Crippen LogP contribution in [0.4, 0.5) is 30.6 Å². The van der Waals surface area contributed by atoms with Crippen LogP contribution in [0, 0.1) is 0 Å². The zero-order valence-corrected chi connectivity index (χ0v) is 21.7. The predicted molar refractivity (Wildman–Crippen MR) is 145 cm³/mol. The number of halogens is 3. The lowest BCUT2D eigenvalue weighted by molar-refractivity contribution is -0.137. The summed E-state index contributed by atoms with van der Waals surface area (Å²) in [5, 5.41) is 13.7. The van der Waals surface area contributed by atoms with Gasteiger partial charge in [0.2, 0.25) is 6.17 Å². The average Bonchev–Trinajstić information content (AvgIpc) is 3.38. The maximum Gasteiger partial charge on any atom is 0.417 e. The number of amides is 1. The van der Waals surface area contributed by atoms with Crippen molar-refractivity contribution < 1.29 is 27.1 Å². The molecule has 2 aliphatic heterocycles. The van der Waals surface area contributed by atoms with Gasteiger partial charge in [0, 0.05) is 29.9 Å². The van der Waals surface area contributed by atoms with Gasteiger partial charge >= 0.3 is 12.2 Å². The first-order valence-electron chi connectivity index (χ1n) is 12.8. The van der Waals surface area contributed by atoms with Gasteiger partial charge in [-0.3, -0.25) is 4.79 Å². The molecule has 4 aromatic rings. The number of benzene rings is 2. The Morgan fingerprint density at radius 3 is 2.63 bits per heavy atom. The van der Waals surface area contributed by atoms with Crippen molar-refractivity contribution in [3.05, 3.63) is 83.6 Å². The van der Waals surface area contributed by atoms with Crippen molar-refractivity contribution in [1.82, 2.24) is 15.2 Å². The second kappa shape index (κ2) is 10.7. The quantitative estimate of drug-likeness (QED) is 0.362. The van der Waals surface area contributed by atoms with Crippen LogP contribution in [0.3, 0.4) is 0 Å². The maximum absolute atomic E-state index is 13.6. The molecule has 0 aliphatic carbocycles. The lowest BCUT2D eigenvalue weighted by atomic mass is 10.0. The predicted octanol–water partition coefficient (Wildman–Crippen LogP) is 4.60. The highest BCUT2D eigenvalue weighted by atomic mass is 19.4. The van der Waals surface area contributed by atoms with E-state index < -0.39 is 23.8 Å². The second-order valence-corrected chi connectivity index (χ2v) is 9.54. The third-order valence-corrected chi connectivity index (χ3v) is 6.75. The number of aromatic nitrogens is 3. The van der Waals surface area contributed by atoms with Crippen molar-refractivity contribution >= 4 is 29.0 Å². The zero-order valence-electron chi connectivity index (χ0n) is 21.7. The fourth-order valence-corrected chi connectivity index (χ4v) is 4.75. The van der Waals surface area contributed by atoms with Gasteiger partial charge in [0.05, 0.1) is 35.9 Å². The van der Waals surface area contributed by atoms with Crippen LogP contribution in [0.5, 0.6) is 0 Å². The van der Waals surface area contributed by atoms with Crippen LogP contribution in [0.25, 0.3) is 11.6 Å². The molecule has 2 aliphatic rings. The van der Waals surface area contributed by atoms with Crippen molar-refractivity contribution in [2.45, 2.75) is 25.3 Å². The molecule has 2 atom stereocenters. The van der Waals surface area contributed by atoms with Gasteiger partial charge in [-0.15, -0.1) is 5.10 Å². The highest BCUT2D eigenvalue weighted by Crippen LogP contribution is 2.37. The van der Waals surface area contributed by atoms with Gasteiger partial charge in [0.15, 0.2) is 5.69 Å². The Morgan fingerprint density at radius 1 is 1.07 bits per heavy atom. The number of pyridine rings is 1. The number of morpholine rings is 1. The molecule has 0 radical (unpaired) electrons. The third-order valence-electron chi connectivity index (χ3n) is 6.75. The molecule has 6 rings (SSSR count). The molecule has 2 aromatic carbocycles. The molecule has 210 valence electrons. The van der Waals surface area contributed by atoms with E-state index in [0.717, 1.165) is 23.4 Å². The molecule has 0 spiro atoms. The lowest BCUT2D eigenvalue weighted by Gasteiger charge is -2.36. The number of hydrogen-bond acceptors (Lipinski definition) is 9. The van der Waals surface area contributed by atoms with E-state index in [2.05, 4.69) is 30.8 Å². The first-order valence-corrected chi connectivity index (χ1v) is 12.8. The molecular formula is C28H24F3N7O3. The standard InChI is InChI=1S/C28H24F3N7O3/c1-16-15-40-12-11-38(16)21-13-18(28(29,30)31)14-32-23(21)26-36-37-27(41-26)35-24-25(39)33-20-10-6-5-9-19(20)22(34-24)17-7-3-2-4-8-17/h2-10,13-14,16,24H,11-12,15H2,1H3,(H,33,39)(H,35,37)/t16?,24-/m1/s1. The fraction of sp³-hybridized carbons (Fsp3) is 0.250. The number of rotatable bonds is 5. The van der Waals surface area contributed by atoms with Gasteiger partial charge in [-0.2, -0.15) is 13.2 Å². The van der Waals surface area contributed by atoms with E-state index in [-0.39, 0.29) is 29.3 Å². The summed E-state index contributed by atoms with van der Waals surface area (Å²) < 4.78 is 51.9. The van der Waals surface area contributed by atoms with E-state index in [1.165, 1.54) is 0 Å². The zero-order chi connectivity index (χ0) is 28.6. The minimum absolute atomic E-state index is 0.0819. The Hall–Kier alpha value is -4.78. The lowest BCUT2D eigenvalue weighted by Crippen LogP contribution is -2.44. The summed E-state index contributed by atoms with van der Waals surface area (Å²) in [6.45, 7) is 2.88. The molecule has 4 heterocycles. The Kier molecular flexibility index (Phi) is 6.87. The van der Waals surface area contributed by atoms with Gasteiger partial charge in [0.25, 0.3) is 11.8 Å². The smallest absolute Gasteiger partial charge is 0.402 e. The number of benzodiazepines with no additional fused rings is 1. The van der Waals surface area contributed by atoms with Crippen LogP contribution >= 0.6 is 0 Å². The largest absolute Gasteiger partial charge is 0.417 e. The molecule has 0 saturated carbocycles. The van der Waals surface area contributed by atoms with Crippen LogP contribution in [0.15, 0.2) is 76.3 Å². The summed E-state index contributed by atoms with van der Waals surface area (Å²) in [5.74, 6) is -0.571. The summed E-state index contributed by atoms with van der Waals surface area (Å²) in [5.41, 5.74) is 2.08. The number of nitrogens with one attached hydrogen (secondary N) is 2. The molecule has 10 nitrogen and oxygen atoms in total. The van der Waals surface area contributed by atoms with Crippen molar-refractivity contribution in [3.8, 4) is 11.6 Å². The summed E-state index contributed by atoms with van der Waals surface area (Å²) >= 11 is 0. The normalized spacial score (nSPS) is 19.2. The number of ether oxygens (including phenoxy) is 1. The topological polar surface area (TPSA) is 118 Å². The molecule has 1 fully saturated rings. The number of alkyl halides is 3. The number of aliphatic imine (C=N–C) groups is 1. The van der Waals surface area contributed by atoms with E-state index in [1.807, 2.05) is 55.5 Å². The Bertz CT molecular complexity index is 1610. The molecule has 1 amide bonds. The second-order valence-electron chi connectivity index (χ2n) is 9.54. The highest BCUT2D eigenvalue weighted by molar-refractivity contribution is 6.19. The number of hydrogen-bond donors (Lipinski definition) is 2. The summed E-state index contributed by atoms with van der Waals surface area (Å²) in [4.78, 5) is 23.7. The van der Waals surface area contributed by atoms with E-state index in [9.17, 15) is 18.0 Å². The third kappa shape index (κ3) is 5.35. The molecule has 1 unspecified atom stereocenters. The van der Waals surface area contributed by atoms with Crippen molar-refractivity contribution in [3.63, 3.8) is 0 Å². The van der Waals surface area contributed by atoms with E-state index in [4.69, 9.17) is 9.15 Å². The summed E-state index contributed by atoms with van der Waals surface area (Å²) in [6, 6.07) is 17.4. The minimum atomic E-state index is -4.59. The Labute approximate surface area is 232 Å². The van der Waals surface area contributed by atoms with Gasteiger partial charge in [-0.1, -0.05) is 53.6 Å². The van der Waals surface area contributed by atoms with E-state index in [1.54, 1.807) is 11.0 Å². The average molecular weight is 564 g/mol. The summed E-state index contributed by atoms with van der Waals surface area (Å²) in [7, 11) is 0. The number of fused-ring (bicyclic) bond motifs is 1. The Balaban J connectivity index is 1.35. The van der Waals surface area contributed by atoms with Gasteiger partial charge in [-0.05, 0) is 19.1 Å². The highest BCUT2D eigenvalue weighted by Gasteiger charge is 2.35. The van der Waals surface area contributed by atoms with Crippen molar-refractivity contribution in [2.24, 2.45) is 4.99 Å². The first kappa shape index (κ1) is 26.4. The van der Waals surface area contributed by atoms with Crippen LogP contribution < -0.4 is 15.5 Å². The minimum Gasteiger partial charge on any atom is -0.402 e. The van der Waals surface area contributed by atoms with Crippen molar-refractivity contribution in [2.75, 3.05) is 35.3 Å². The molecule has 13 heteroatoms. The Morgan fingerprint density at radius 2 is 1.85 bits per heavy atom. The molecule has 1 saturated heterocycles. The number of anilines is 3. The molecular weight excluding hydrogens is 539 g/mol. The van der Waals surface area contributed by atoms with Crippen molar-refractivity contribution in [1.29, 1.82) is 0 Å². The summed E-state index contributed by atoms with van der Waals surface area (Å²) in [6.07, 6.45) is -5.01. The number of carbonyl (C=O) groups excluding carboxylic acids is 1. The fourth-order valence-electron chi connectivity index (χ4n) is 4.75.